The number of benzene rings is 2. The number of ether oxygens (including phenoxy) is 1. The Morgan fingerprint density at radius 2 is 1.74 bits per heavy atom. The third-order valence-corrected chi connectivity index (χ3v) is 5.08. The van der Waals surface area contributed by atoms with Crippen molar-refractivity contribution in [3.05, 3.63) is 71.9 Å². The van der Waals surface area contributed by atoms with E-state index in [-0.39, 0.29) is 5.97 Å². The van der Waals surface area contributed by atoms with Crippen molar-refractivity contribution < 1.29 is 9.53 Å². The standard InChI is InChI=1S/C20H16N4O2S/c1-2-26-20(25)18-17(12-27-19(18)24-13-21-22-23-24)16-10-8-15(9-11-16)14-6-4-3-5-7-14/h3-13H,2H2,1H3. The lowest BCUT2D eigenvalue weighted by Gasteiger charge is -2.08. The molecule has 27 heavy (non-hydrogen) atoms. The molecule has 7 heteroatoms. The van der Waals surface area contributed by atoms with Crippen LogP contribution in [0.4, 0.5) is 0 Å². The predicted octanol–water partition coefficient (Wildman–Crippen LogP) is 4.23. The van der Waals surface area contributed by atoms with E-state index >= 15 is 0 Å². The zero-order chi connectivity index (χ0) is 18.6. The quantitative estimate of drug-likeness (QED) is 0.487. The zero-order valence-electron chi connectivity index (χ0n) is 14.6. The minimum atomic E-state index is -0.383. The Bertz CT molecular complexity index is 1040. The molecule has 0 N–H and O–H groups in total. The molecular formula is C20H16N4O2S. The summed E-state index contributed by atoms with van der Waals surface area (Å²) in [4.78, 5) is 12.6. The molecule has 0 aliphatic heterocycles. The van der Waals surface area contributed by atoms with Gasteiger partial charge in [0, 0.05) is 10.9 Å². The third-order valence-electron chi connectivity index (χ3n) is 4.11. The smallest absolute Gasteiger partial charge is 0.341 e. The van der Waals surface area contributed by atoms with Crippen molar-refractivity contribution in [1.82, 2.24) is 20.2 Å². The number of rotatable bonds is 5. The molecule has 0 fully saturated rings. The fourth-order valence-corrected chi connectivity index (χ4v) is 3.84. The molecule has 2 heterocycles. The fraction of sp³-hybridized carbons (Fsp3) is 0.100. The highest BCUT2D eigenvalue weighted by Gasteiger charge is 2.23. The molecule has 4 aromatic rings. The van der Waals surface area contributed by atoms with Gasteiger partial charge in [-0.05, 0) is 34.0 Å². The van der Waals surface area contributed by atoms with E-state index in [9.17, 15) is 4.79 Å². The second kappa shape index (κ2) is 7.51. The first-order valence-electron chi connectivity index (χ1n) is 8.45. The molecule has 134 valence electrons. The van der Waals surface area contributed by atoms with Crippen LogP contribution in [0.3, 0.4) is 0 Å². The second-order valence-electron chi connectivity index (χ2n) is 5.75. The maximum Gasteiger partial charge on any atom is 0.341 e. The Labute approximate surface area is 160 Å². The van der Waals surface area contributed by atoms with Gasteiger partial charge in [0.1, 0.15) is 16.9 Å². The molecule has 2 aromatic heterocycles. The number of carbonyl (C=O) groups is 1. The monoisotopic (exact) mass is 376 g/mol. The Morgan fingerprint density at radius 1 is 1.04 bits per heavy atom. The van der Waals surface area contributed by atoms with Gasteiger partial charge < -0.3 is 4.74 Å². The van der Waals surface area contributed by atoms with Crippen LogP contribution in [0.5, 0.6) is 0 Å². The molecule has 0 spiro atoms. The van der Waals surface area contributed by atoms with E-state index in [1.807, 2.05) is 47.8 Å². The van der Waals surface area contributed by atoms with E-state index in [1.54, 1.807) is 6.92 Å². The summed E-state index contributed by atoms with van der Waals surface area (Å²) in [7, 11) is 0. The largest absolute Gasteiger partial charge is 0.462 e. The lowest BCUT2D eigenvalue weighted by molar-refractivity contribution is 0.0528. The summed E-state index contributed by atoms with van der Waals surface area (Å²) in [6, 6.07) is 18.3. The van der Waals surface area contributed by atoms with Gasteiger partial charge in [-0.2, -0.15) is 4.68 Å². The summed E-state index contributed by atoms with van der Waals surface area (Å²) in [6.45, 7) is 2.09. The first-order chi connectivity index (χ1) is 13.3. The Morgan fingerprint density at radius 3 is 2.41 bits per heavy atom. The van der Waals surface area contributed by atoms with Gasteiger partial charge in [0.05, 0.1) is 6.61 Å². The number of aromatic nitrogens is 4. The van der Waals surface area contributed by atoms with Crippen molar-refractivity contribution in [3.63, 3.8) is 0 Å². The number of esters is 1. The maximum absolute atomic E-state index is 12.6. The van der Waals surface area contributed by atoms with Crippen molar-refractivity contribution in [2.75, 3.05) is 6.61 Å². The lowest BCUT2D eigenvalue weighted by atomic mass is 9.99. The molecule has 0 saturated carbocycles. The van der Waals surface area contributed by atoms with Gasteiger partial charge in [-0.15, -0.1) is 16.4 Å². The van der Waals surface area contributed by atoms with Crippen molar-refractivity contribution in [2.45, 2.75) is 6.92 Å². The average molecular weight is 376 g/mol. The zero-order valence-corrected chi connectivity index (χ0v) is 15.4. The molecule has 0 atom stereocenters. The van der Waals surface area contributed by atoms with Gasteiger partial charge in [-0.3, -0.25) is 0 Å². The topological polar surface area (TPSA) is 69.9 Å². The van der Waals surface area contributed by atoms with Crippen LogP contribution in [0.1, 0.15) is 17.3 Å². The van der Waals surface area contributed by atoms with Gasteiger partial charge in [-0.1, -0.05) is 54.6 Å². The van der Waals surface area contributed by atoms with Crippen molar-refractivity contribution in [3.8, 4) is 27.3 Å². The number of hydrogen-bond donors (Lipinski definition) is 0. The number of carbonyl (C=O) groups excluding carboxylic acids is 1. The maximum atomic E-state index is 12.6. The SMILES string of the molecule is CCOC(=O)c1c(-c2ccc(-c3ccccc3)cc2)csc1-n1cnnn1. The summed E-state index contributed by atoms with van der Waals surface area (Å²) in [5.74, 6) is -0.383. The second-order valence-corrected chi connectivity index (χ2v) is 6.61. The predicted molar refractivity (Wildman–Crippen MR) is 104 cm³/mol. The molecule has 4 rings (SSSR count). The molecule has 0 aliphatic carbocycles. The van der Waals surface area contributed by atoms with Crippen LogP contribution >= 0.6 is 11.3 Å². The molecule has 0 unspecified atom stereocenters. The van der Waals surface area contributed by atoms with Crippen LogP contribution in [-0.2, 0) is 4.74 Å². The van der Waals surface area contributed by atoms with Crippen LogP contribution < -0.4 is 0 Å². The van der Waals surface area contributed by atoms with Gasteiger partial charge in [0.25, 0.3) is 0 Å². The minimum Gasteiger partial charge on any atom is -0.462 e. The third kappa shape index (κ3) is 3.37. The molecular weight excluding hydrogens is 360 g/mol. The molecule has 0 radical (unpaired) electrons. The van der Waals surface area contributed by atoms with E-state index in [0.717, 1.165) is 22.3 Å². The summed E-state index contributed by atoms with van der Waals surface area (Å²) in [6.07, 6.45) is 1.47. The van der Waals surface area contributed by atoms with E-state index in [2.05, 4.69) is 27.7 Å². The van der Waals surface area contributed by atoms with Crippen molar-refractivity contribution >= 4 is 17.3 Å². The van der Waals surface area contributed by atoms with Crippen LogP contribution in [0, 0.1) is 0 Å². The molecule has 6 nitrogen and oxygen atoms in total. The van der Waals surface area contributed by atoms with Crippen LogP contribution in [0.15, 0.2) is 66.3 Å². The highest BCUT2D eigenvalue weighted by Crippen LogP contribution is 2.35. The summed E-state index contributed by atoms with van der Waals surface area (Å²) in [5, 5.41) is 13.8. The van der Waals surface area contributed by atoms with E-state index in [0.29, 0.717) is 17.2 Å². The molecule has 0 amide bonds. The highest BCUT2D eigenvalue weighted by atomic mass is 32.1. The number of thiophene rings is 1. The van der Waals surface area contributed by atoms with Crippen LogP contribution in [0.25, 0.3) is 27.3 Å². The van der Waals surface area contributed by atoms with Crippen LogP contribution in [-0.4, -0.2) is 32.8 Å². The van der Waals surface area contributed by atoms with Crippen molar-refractivity contribution in [2.24, 2.45) is 0 Å². The van der Waals surface area contributed by atoms with Crippen molar-refractivity contribution in [1.29, 1.82) is 0 Å². The summed E-state index contributed by atoms with van der Waals surface area (Å²) >= 11 is 1.40. The van der Waals surface area contributed by atoms with Gasteiger partial charge in [0.2, 0.25) is 0 Å². The first-order valence-corrected chi connectivity index (χ1v) is 9.33. The van der Waals surface area contributed by atoms with Crippen LogP contribution in [0.2, 0.25) is 0 Å². The van der Waals surface area contributed by atoms with E-state index in [1.165, 1.54) is 22.3 Å². The summed E-state index contributed by atoms with van der Waals surface area (Å²) < 4.78 is 6.75. The number of tetrazole rings is 1. The highest BCUT2D eigenvalue weighted by molar-refractivity contribution is 7.13. The van der Waals surface area contributed by atoms with Gasteiger partial charge in [0.15, 0.2) is 0 Å². The Kier molecular flexibility index (Phi) is 4.76. The van der Waals surface area contributed by atoms with E-state index in [4.69, 9.17) is 4.74 Å². The van der Waals surface area contributed by atoms with Gasteiger partial charge >= 0.3 is 5.97 Å². The fourth-order valence-electron chi connectivity index (χ4n) is 2.86. The minimum absolute atomic E-state index is 0.302. The molecule has 0 aliphatic rings. The first kappa shape index (κ1) is 17.1. The summed E-state index contributed by atoms with van der Waals surface area (Å²) in [5.41, 5.74) is 4.49. The molecule has 0 bridgehead atoms. The average Bonchev–Trinajstić information content (AvgIpc) is 3.38. The Hall–Kier alpha value is -3.32. The molecule has 2 aromatic carbocycles. The van der Waals surface area contributed by atoms with Gasteiger partial charge in [-0.25, -0.2) is 4.79 Å². The lowest BCUT2D eigenvalue weighted by Crippen LogP contribution is -2.09. The number of hydrogen-bond acceptors (Lipinski definition) is 6. The normalized spacial score (nSPS) is 10.7. The Balaban J connectivity index is 1.76. The molecule has 0 saturated heterocycles. The van der Waals surface area contributed by atoms with E-state index < -0.39 is 0 Å². The number of nitrogens with zero attached hydrogens (tertiary/aromatic N) is 4.